The number of anilines is 1. The molecule has 1 aromatic heterocycles. The maximum Gasteiger partial charge on any atom is 0.126 e. The first-order chi connectivity index (χ1) is 8.36. The van der Waals surface area contributed by atoms with Crippen molar-refractivity contribution < 1.29 is 4.74 Å². The van der Waals surface area contributed by atoms with Crippen molar-refractivity contribution in [1.29, 1.82) is 0 Å². The van der Waals surface area contributed by atoms with Crippen LogP contribution in [-0.4, -0.2) is 23.4 Å². The zero-order valence-electron chi connectivity index (χ0n) is 9.52. The van der Waals surface area contributed by atoms with Gasteiger partial charge in [-0.05, 0) is 17.5 Å². The van der Waals surface area contributed by atoms with Gasteiger partial charge >= 0.3 is 0 Å². The maximum atomic E-state index is 5.89. The molecule has 0 radical (unpaired) electrons. The number of hydrogen-bond donors (Lipinski definition) is 2. The summed E-state index contributed by atoms with van der Waals surface area (Å²) in [6.07, 6.45) is 2.86. The fourth-order valence-corrected chi connectivity index (χ4v) is 2.39. The molecular formula is C13H15N3O. The number of hydrogen-bond acceptors (Lipinski definition) is 3. The minimum atomic E-state index is 0.473. The second-order valence-electron chi connectivity index (χ2n) is 4.35. The van der Waals surface area contributed by atoms with Gasteiger partial charge in [0.15, 0.2) is 0 Å². The fraction of sp³-hybridized carbons (Fsp3) is 0.308. The Morgan fingerprint density at radius 2 is 2.18 bits per heavy atom. The van der Waals surface area contributed by atoms with Gasteiger partial charge in [-0.1, -0.05) is 24.3 Å². The lowest BCUT2D eigenvalue weighted by Gasteiger charge is -2.13. The quantitative estimate of drug-likeness (QED) is 0.829. The van der Waals surface area contributed by atoms with E-state index in [-0.39, 0.29) is 0 Å². The highest BCUT2D eigenvalue weighted by Gasteiger charge is 2.21. The third kappa shape index (κ3) is 1.80. The van der Waals surface area contributed by atoms with Gasteiger partial charge in [0.05, 0.1) is 12.8 Å². The lowest BCUT2D eigenvalue weighted by atomic mass is 9.91. The van der Waals surface area contributed by atoms with Crippen LogP contribution in [0.5, 0.6) is 0 Å². The maximum absolute atomic E-state index is 5.89. The van der Waals surface area contributed by atoms with E-state index in [9.17, 15) is 0 Å². The summed E-state index contributed by atoms with van der Waals surface area (Å²) in [7, 11) is 0. The Morgan fingerprint density at radius 1 is 1.29 bits per heavy atom. The topological polar surface area (TPSA) is 63.9 Å². The highest BCUT2D eigenvalue weighted by Crippen LogP contribution is 2.35. The van der Waals surface area contributed by atoms with Crippen LogP contribution in [0.25, 0.3) is 11.1 Å². The van der Waals surface area contributed by atoms with E-state index in [1.165, 1.54) is 5.56 Å². The normalized spacial score (nSPS) is 19.6. The van der Waals surface area contributed by atoms with Gasteiger partial charge in [0.2, 0.25) is 0 Å². The summed E-state index contributed by atoms with van der Waals surface area (Å²) in [4.78, 5) is 0. The number of ether oxygens (including phenoxy) is 1. The van der Waals surface area contributed by atoms with Crippen LogP contribution in [0.3, 0.4) is 0 Å². The van der Waals surface area contributed by atoms with Gasteiger partial charge in [-0.2, -0.15) is 5.10 Å². The summed E-state index contributed by atoms with van der Waals surface area (Å²) < 4.78 is 5.46. The second-order valence-corrected chi connectivity index (χ2v) is 4.35. The molecule has 3 N–H and O–H groups in total. The molecule has 17 heavy (non-hydrogen) atoms. The molecule has 4 heteroatoms. The molecular weight excluding hydrogens is 214 g/mol. The van der Waals surface area contributed by atoms with Crippen LogP contribution in [0.1, 0.15) is 17.9 Å². The number of nitrogen functional groups attached to an aromatic ring is 1. The van der Waals surface area contributed by atoms with E-state index >= 15 is 0 Å². The van der Waals surface area contributed by atoms with Crippen molar-refractivity contribution in [2.45, 2.75) is 12.3 Å². The Morgan fingerprint density at radius 3 is 2.88 bits per heavy atom. The summed E-state index contributed by atoms with van der Waals surface area (Å²) >= 11 is 0. The number of nitrogens with zero attached hydrogens (tertiary/aromatic N) is 1. The van der Waals surface area contributed by atoms with E-state index in [4.69, 9.17) is 10.5 Å². The number of H-pyrrole nitrogens is 1. The first-order valence-electron chi connectivity index (χ1n) is 5.82. The molecule has 0 saturated carbocycles. The van der Waals surface area contributed by atoms with E-state index in [0.717, 1.165) is 30.8 Å². The number of aromatic amines is 1. The van der Waals surface area contributed by atoms with Gasteiger partial charge in [0.1, 0.15) is 5.82 Å². The van der Waals surface area contributed by atoms with Crippen molar-refractivity contribution in [1.82, 2.24) is 10.2 Å². The Hall–Kier alpha value is -1.81. The van der Waals surface area contributed by atoms with Crippen LogP contribution >= 0.6 is 0 Å². The van der Waals surface area contributed by atoms with Crippen molar-refractivity contribution in [3.05, 3.63) is 36.0 Å². The SMILES string of the molecule is Nc1[nH]ncc1-c1ccccc1C1CCOC1. The molecule has 1 aliphatic heterocycles. The standard InChI is InChI=1S/C13H15N3O/c14-13-12(7-15-16-13)11-4-2-1-3-10(11)9-5-6-17-8-9/h1-4,7,9H,5-6,8H2,(H3,14,15,16). The van der Waals surface area contributed by atoms with E-state index < -0.39 is 0 Å². The molecule has 0 aliphatic carbocycles. The zero-order chi connectivity index (χ0) is 11.7. The summed E-state index contributed by atoms with van der Waals surface area (Å²) in [5.74, 6) is 1.09. The second kappa shape index (κ2) is 4.22. The smallest absolute Gasteiger partial charge is 0.126 e. The van der Waals surface area contributed by atoms with Gasteiger partial charge in [0.25, 0.3) is 0 Å². The Kier molecular flexibility index (Phi) is 2.57. The Bertz CT molecular complexity index is 515. The van der Waals surface area contributed by atoms with Gasteiger partial charge in [-0.25, -0.2) is 0 Å². The predicted molar refractivity (Wildman–Crippen MR) is 66.6 cm³/mol. The molecule has 1 fully saturated rings. The fourth-order valence-electron chi connectivity index (χ4n) is 2.39. The molecule has 2 aromatic rings. The third-order valence-corrected chi connectivity index (χ3v) is 3.29. The molecule has 0 bridgehead atoms. The highest BCUT2D eigenvalue weighted by molar-refractivity contribution is 5.76. The van der Waals surface area contributed by atoms with E-state index in [0.29, 0.717) is 11.7 Å². The monoisotopic (exact) mass is 229 g/mol. The molecule has 1 saturated heterocycles. The number of nitrogens with one attached hydrogen (secondary N) is 1. The van der Waals surface area contributed by atoms with Crippen molar-refractivity contribution in [3.8, 4) is 11.1 Å². The van der Waals surface area contributed by atoms with Crippen LogP contribution in [0.4, 0.5) is 5.82 Å². The molecule has 2 heterocycles. The highest BCUT2D eigenvalue weighted by atomic mass is 16.5. The minimum Gasteiger partial charge on any atom is -0.384 e. The average molecular weight is 229 g/mol. The molecule has 0 spiro atoms. The summed E-state index contributed by atoms with van der Waals surface area (Å²) in [6, 6.07) is 8.34. The number of benzene rings is 1. The first-order valence-corrected chi connectivity index (χ1v) is 5.82. The molecule has 3 rings (SSSR count). The van der Waals surface area contributed by atoms with Crippen LogP contribution in [0.15, 0.2) is 30.5 Å². The zero-order valence-corrected chi connectivity index (χ0v) is 9.52. The van der Waals surface area contributed by atoms with Gasteiger partial charge in [0, 0.05) is 18.1 Å². The summed E-state index contributed by atoms with van der Waals surface area (Å²) in [5.41, 5.74) is 9.34. The van der Waals surface area contributed by atoms with Crippen molar-refractivity contribution in [3.63, 3.8) is 0 Å². The Labute approximate surface area is 99.8 Å². The molecule has 1 atom stereocenters. The molecule has 4 nitrogen and oxygen atoms in total. The van der Waals surface area contributed by atoms with Crippen LogP contribution < -0.4 is 5.73 Å². The largest absolute Gasteiger partial charge is 0.384 e. The third-order valence-electron chi connectivity index (χ3n) is 3.29. The van der Waals surface area contributed by atoms with Gasteiger partial charge < -0.3 is 10.5 Å². The lowest BCUT2D eigenvalue weighted by molar-refractivity contribution is 0.194. The van der Waals surface area contributed by atoms with Gasteiger partial charge in [-0.15, -0.1) is 0 Å². The van der Waals surface area contributed by atoms with Crippen molar-refractivity contribution in [2.75, 3.05) is 18.9 Å². The number of nitrogens with two attached hydrogens (primary N) is 1. The molecule has 1 aliphatic rings. The Balaban J connectivity index is 2.07. The lowest BCUT2D eigenvalue weighted by Crippen LogP contribution is -2.00. The molecule has 0 amide bonds. The van der Waals surface area contributed by atoms with Crippen molar-refractivity contribution in [2.24, 2.45) is 0 Å². The van der Waals surface area contributed by atoms with E-state index in [2.05, 4.69) is 28.4 Å². The van der Waals surface area contributed by atoms with Crippen LogP contribution in [-0.2, 0) is 4.74 Å². The van der Waals surface area contributed by atoms with E-state index in [1.54, 1.807) is 6.20 Å². The predicted octanol–water partition coefficient (Wildman–Crippen LogP) is 2.16. The van der Waals surface area contributed by atoms with E-state index in [1.807, 2.05) is 6.07 Å². The van der Waals surface area contributed by atoms with Crippen LogP contribution in [0, 0.1) is 0 Å². The summed E-state index contributed by atoms with van der Waals surface area (Å²) in [6.45, 7) is 1.65. The minimum absolute atomic E-state index is 0.473. The molecule has 1 aromatic carbocycles. The average Bonchev–Trinajstić information content (AvgIpc) is 3.00. The van der Waals surface area contributed by atoms with Crippen LogP contribution in [0.2, 0.25) is 0 Å². The molecule has 1 unspecified atom stereocenters. The summed E-state index contributed by atoms with van der Waals surface area (Å²) in [5, 5.41) is 6.77. The first kappa shape index (κ1) is 10.4. The number of rotatable bonds is 2. The number of aromatic nitrogens is 2. The van der Waals surface area contributed by atoms with Crippen molar-refractivity contribution >= 4 is 5.82 Å². The van der Waals surface area contributed by atoms with Gasteiger partial charge in [-0.3, -0.25) is 5.10 Å². The molecule has 88 valence electrons.